The van der Waals surface area contributed by atoms with Crippen LogP contribution in [0.25, 0.3) is 0 Å². The van der Waals surface area contributed by atoms with Gasteiger partial charge in [-0.25, -0.2) is 0 Å². The number of aryl methyl sites for hydroxylation is 1. The molecule has 1 aromatic rings. The summed E-state index contributed by atoms with van der Waals surface area (Å²) in [4.78, 5) is 11.6. The molecule has 0 aromatic heterocycles. The van der Waals surface area contributed by atoms with Gasteiger partial charge in [-0.05, 0) is 37.1 Å². The molecular weight excluding hydrogens is 236 g/mol. The van der Waals surface area contributed by atoms with Gasteiger partial charge in [0.25, 0.3) is 0 Å². The summed E-state index contributed by atoms with van der Waals surface area (Å²) in [6.07, 6.45) is 2.67. The Hall–Kier alpha value is -1.36. The number of nitrogens with two attached hydrogens (primary N) is 1. The van der Waals surface area contributed by atoms with Crippen LogP contribution < -0.4 is 11.1 Å². The van der Waals surface area contributed by atoms with Gasteiger partial charge >= 0.3 is 0 Å². The van der Waals surface area contributed by atoms with Gasteiger partial charge in [-0.2, -0.15) is 0 Å². The molecule has 3 N–H and O–H groups in total. The van der Waals surface area contributed by atoms with E-state index in [1.54, 1.807) is 18.4 Å². The van der Waals surface area contributed by atoms with E-state index in [1.807, 2.05) is 13.0 Å². The SMILES string of the molecule is Cc1cc(N)ccc1NC(=O)CCCS(C)=O. The van der Waals surface area contributed by atoms with Gasteiger partial charge in [0, 0.05) is 40.6 Å². The number of nitrogens with one attached hydrogen (secondary N) is 1. The lowest BCUT2D eigenvalue weighted by Gasteiger charge is -2.08. The van der Waals surface area contributed by atoms with Crippen molar-refractivity contribution >= 4 is 28.1 Å². The minimum absolute atomic E-state index is 0.0525. The van der Waals surface area contributed by atoms with Crippen molar-refractivity contribution in [2.24, 2.45) is 0 Å². The van der Waals surface area contributed by atoms with E-state index >= 15 is 0 Å². The van der Waals surface area contributed by atoms with Gasteiger partial charge in [-0.3, -0.25) is 9.00 Å². The molecule has 0 bridgehead atoms. The van der Waals surface area contributed by atoms with Crippen LogP contribution in [0.4, 0.5) is 11.4 Å². The molecule has 1 amide bonds. The van der Waals surface area contributed by atoms with Gasteiger partial charge in [0.2, 0.25) is 5.91 Å². The molecule has 0 spiro atoms. The first-order valence-electron chi connectivity index (χ1n) is 5.45. The van der Waals surface area contributed by atoms with Crippen molar-refractivity contribution in [2.75, 3.05) is 23.1 Å². The Labute approximate surface area is 104 Å². The molecule has 0 radical (unpaired) electrons. The Morgan fingerprint density at radius 1 is 1.47 bits per heavy atom. The van der Waals surface area contributed by atoms with Crippen molar-refractivity contribution in [3.63, 3.8) is 0 Å². The predicted octanol–water partition coefficient (Wildman–Crippen LogP) is 1.67. The highest BCUT2D eigenvalue weighted by atomic mass is 32.2. The lowest BCUT2D eigenvalue weighted by molar-refractivity contribution is -0.116. The summed E-state index contributed by atoms with van der Waals surface area (Å²) in [6.45, 7) is 1.90. The molecule has 1 atom stereocenters. The zero-order valence-corrected chi connectivity index (χ0v) is 11.0. The molecular formula is C12H18N2O2S. The third-order valence-corrected chi connectivity index (χ3v) is 3.22. The van der Waals surface area contributed by atoms with E-state index in [0.717, 1.165) is 11.3 Å². The summed E-state index contributed by atoms with van der Waals surface area (Å²) in [5.41, 5.74) is 8.03. The molecule has 0 saturated heterocycles. The summed E-state index contributed by atoms with van der Waals surface area (Å²) >= 11 is 0. The largest absolute Gasteiger partial charge is 0.399 e. The first kappa shape index (κ1) is 13.7. The molecule has 0 aliphatic rings. The number of anilines is 2. The molecule has 5 heteroatoms. The monoisotopic (exact) mass is 254 g/mol. The Morgan fingerprint density at radius 2 is 2.18 bits per heavy atom. The second-order valence-corrected chi connectivity index (χ2v) is 5.56. The third-order valence-electron chi connectivity index (χ3n) is 2.36. The van der Waals surface area contributed by atoms with Crippen LogP contribution in [0.3, 0.4) is 0 Å². The minimum atomic E-state index is -0.832. The first-order chi connectivity index (χ1) is 7.99. The maximum absolute atomic E-state index is 11.6. The first-order valence-corrected chi connectivity index (χ1v) is 7.18. The van der Waals surface area contributed by atoms with Crippen LogP contribution in [0.15, 0.2) is 18.2 Å². The predicted molar refractivity (Wildman–Crippen MR) is 72.4 cm³/mol. The topological polar surface area (TPSA) is 72.2 Å². The van der Waals surface area contributed by atoms with Gasteiger partial charge < -0.3 is 11.1 Å². The van der Waals surface area contributed by atoms with Crippen LogP contribution >= 0.6 is 0 Å². The zero-order chi connectivity index (χ0) is 12.8. The summed E-state index contributed by atoms with van der Waals surface area (Å²) in [7, 11) is -0.832. The second kappa shape index (κ2) is 6.39. The van der Waals surface area contributed by atoms with Crippen LogP contribution in [-0.4, -0.2) is 22.1 Å². The number of hydrogen-bond donors (Lipinski definition) is 2. The van der Waals surface area contributed by atoms with Gasteiger partial charge in [-0.15, -0.1) is 0 Å². The Bertz CT molecular complexity index is 433. The highest BCUT2D eigenvalue weighted by molar-refractivity contribution is 7.84. The van der Waals surface area contributed by atoms with E-state index in [1.165, 1.54) is 0 Å². The minimum Gasteiger partial charge on any atom is -0.399 e. The van der Waals surface area contributed by atoms with Crippen LogP contribution in [0.2, 0.25) is 0 Å². The Kier molecular flexibility index (Phi) is 5.15. The number of benzene rings is 1. The molecule has 0 aliphatic heterocycles. The van der Waals surface area contributed by atoms with Crippen LogP contribution in [0.1, 0.15) is 18.4 Å². The van der Waals surface area contributed by atoms with E-state index in [-0.39, 0.29) is 5.91 Å². The van der Waals surface area contributed by atoms with Gasteiger partial charge in [0.15, 0.2) is 0 Å². The van der Waals surface area contributed by atoms with Crippen molar-refractivity contribution in [3.05, 3.63) is 23.8 Å². The van der Waals surface area contributed by atoms with Gasteiger partial charge in [0.1, 0.15) is 0 Å². The molecule has 0 heterocycles. The zero-order valence-electron chi connectivity index (χ0n) is 10.2. The second-order valence-electron chi connectivity index (χ2n) is 4.00. The quantitative estimate of drug-likeness (QED) is 0.785. The fourth-order valence-corrected chi connectivity index (χ4v) is 2.03. The van der Waals surface area contributed by atoms with Gasteiger partial charge in [0.05, 0.1) is 0 Å². The normalized spacial score (nSPS) is 12.1. The highest BCUT2D eigenvalue weighted by Crippen LogP contribution is 2.17. The molecule has 94 valence electrons. The summed E-state index contributed by atoms with van der Waals surface area (Å²) < 4.78 is 10.8. The summed E-state index contributed by atoms with van der Waals surface area (Å²) in [6, 6.07) is 5.36. The lowest BCUT2D eigenvalue weighted by atomic mass is 10.1. The molecule has 1 unspecified atom stereocenters. The molecule has 1 rings (SSSR count). The van der Waals surface area contributed by atoms with Crippen LogP contribution in [0.5, 0.6) is 0 Å². The van der Waals surface area contributed by atoms with Crippen LogP contribution in [0, 0.1) is 6.92 Å². The number of carbonyl (C=O) groups is 1. The molecule has 1 aromatic carbocycles. The number of nitrogen functional groups attached to an aromatic ring is 1. The number of rotatable bonds is 5. The maximum atomic E-state index is 11.6. The van der Waals surface area contributed by atoms with Gasteiger partial charge in [-0.1, -0.05) is 0 Å². The fraction of sp³-hybridized carbons (Fsp3) is 0.417. The van der Waals surface area contributed by atoms with E-state index in [9.17, 15) is 9.00 Å². The molecule has 17 heavy (non-hydrogen) atoms. The van der Waals surface area contributed by atoms with E-state index in [2.05, 4.69) is 5.32 Å². The average Bonchev–Trinajstić information content (AvgIpc) is 2.21. The van der Waals surface area contributed by atoms with Crippen molar-refractivity contribution in [2.45, 2.75) is 19.8 Å². The molecule has 0 fully saturated rings. The smallest absolute Gasteiger partial charge is 0.224 e. The number of carbonyl (C=O) groups excluding carboxylic acids is 1. The third kappa shape index (κ3) is 4.99. The average molecular weight is 254 g/mol. The van der Waals surface area contributed by atoms with E-state index < -0.39 is 10.8 Å². The van der Waals surface area contributed by atoms with E-state index in [4.69, 9.17) is 5.73 Å². The van der Waals surface area contributed by atoms with Crippen LogP contribution in [-0.2, 0) is 15.6 Å². The molecule has 4 nitrogen and oxygen atoms in total. The highest BCUT2D eigenvalue weighted by Gasteiger charge is 2.05. The Balaban J connectivity index is 2.48. The maximum Gasteiger partial charge on any atom is 0.224 e. The standard InChI is InChI=1S/C12H18N2O2S/c1-9-8-10(13)5-6-11(9)14-12(15)4-3-7-17(2)16/h5-6,8H,3-4,7,13H2,1-2H3,(H,14,15). The van der Waals surface area contributed by atoms with Crippen molar-refractivity contribution in [3.8, 4) is 0 Å². The number of hydrogen-bond acceptors (Lipinski definition) is 3. The van der Waals surface area contributed by atoms with Crippen molar-refractivity contribution in [1.82, 2.24) is 0 Å². The fourth-order valence-electron chi connectivity index (χ4n) is 1.48. The lowest BCUT2D eigenvalue weighted by Crippen LogP contribution is -2.13. The summed E-state index contributed by atoms with van der Waals surface area (Å²) in [5, 5.41) is 2.82. The van der Waals surface area contributed by atoms with Crippen molar-refractivity contribution in [1.29, 1.82) is 0 Å². The number of amides is 1. The molecule has 0 saturated carbocycles. The van der Waals surface area contributed by atoms with Crippen molar-refractivity contribution < 1.29 is 9.00 Å². The summed E-state index contributed by atoms with van der Waals surface area (Å²) in [5.74, 6) is 0.511. The van der Waals surface area contributed by atoms with E-state index in [0.29, 0.717) is 24.3 Å². The molecule has 0 aliphatic carbocycles. The Morgan fingerprint density at radius 3 is 2.76 bits per heavy atom.